The molecule has 2 aromatic rings. The molecule has 0 aliphatic carbocycles. The van der Waals surface area contributed by atoms with Crippen molar-refractivity contribution in [2.24, 2.45) is 0 Å². The van der Waals surface area contributed by atoms with Gasteiger partial charge in [-0.05, 0) is 54.8 Å². The van der Waals surface area contributed by atoms with Gasteiger partial charge in [-0.1, -0.05) is 19.1 Å². The van der Waals surface area contributed by atoms with Crippen molar-refractivity contribution in [2.75, 3.05) is 43.1 Å². The fourth-order valence-corrected chi connectivity index (χ4v) is 3.13. The Morgan fingerprint density at radius 2 is 1.57 bits per heavy atom. The lowest BCUT2D eigenvalue weighted by atomic mass is 10.1. The molecule has 0 N–H and O–H groups in total. The Hall–Kier alpha value is -2.16. The second kappa shape index (κ2) is 7.40. The number of aryl methyl sites for hydroxylation is 1. The first-order valence-corrected chi connectivity index (χ1v) is 8.32. The minimum atomic E-state index is 0.912. The first-order chi connectivity index (χ1) is 11.3. The predicted molar refractivity (Wildman–Crippen MR) is 97.5 cm³/mol. The molecular weight excluding hydrogens is 284 g/mol. The lowest BCUT2D eigenvalue weighted by Crippen LogP contribution is -2.46. The second-order valence-electron chi connectivity index (χ2n) is 5.95. The van der Waals surface area contributed by atoms with Crippen molar-refractivity contribution in [1.82, 2.24) is 0 Å². The van der Waals surface area contributed by atoms with E-state index in [2.05, 4.69) is 53.1 Å². The molecule has 3 rings (SSSR count). The maximum Gasteiger partial charge on any atom is 0.119 e. The summed E-state index contributed by atoms with van der Waals surface area (Å²) in [7, 11) is 1.70. The van der Waals surface area contributed by atoms with Crippen LogP contribution >= 0.6 is 0 Å². The third-order valence-corrected chi connectivity index (χ3v) is 4.46. The van der Waals surface area contributed by atoms with Crippen LogP contribution < -0.4 is 14.5 Å². The first-order valence-electron chi connectivity index (χ1n) is 8.32. The monoisotopic (exact) mass is 309 g/mol. The summed E-state index contributed by atoms with van der Waals surface area (Å²) in [5, 5.41) is 0. The molecule has 0 amide bonds. The Labute approximate surface area is 139 Å². The highest BCUT2D eigenvalue weighted by Gasteiger charge is 2.17. The number of nitrogens with zero attached hydrogens (tertiary/aromatic N) is 2. The van der Waals surface area contributed by atoms with Gasteiger partial charge >= 0.3 is 0 Å². The quantitative estimate of drug-likeness (QED) is 0.836. The number of piperazine rings is 1. The summed E-state index contributed by atoms with van der Waals surface area (Å²) >= 11 is 0. The van der Waals surface area contributed by atoms with Crippen molar-refractivity contribution < 1.29 is 4.74 Å². The van der Waals surface area contributed by atoms with Gasteiger partial charge in [0.05, 0.1) is 7.11 Å². The number of rotatable bonds is 5. The number of methoxy groups -OCH3 is 1. The molecule has 0 unspecified atom stereocenters. The number of benzene rings is 2. The standard InChI is InChI=1S/C20H25N2O/c1-3-5-17-6-4-7-19(16-17)22-14-12-21(13-15-22)18-8-10-20(23-2)11-9-18/h4,6-11,16H,1,3,5,12-15H2,2H3. The topological polar surface area (TPSA) is 15.7 Å². The van der Waals surface area contributed by atoms with Crippen molar-refractivity contribution in [3.05, 3.63) is 61.0 Å². The molecule has 23 heavy (non-hydrogen) atoms. The zero-order valence-corrected chi connectivity index (χ0v) is 13.9. The summed E-state index contributed by atoms with van der Waals surface area (Å²) in [4.78, 5) is 4.92. The number of hydrogen-bond donors (Lipinski definition) is 0. The van der Waals surface area contributed by atoms with Crippen LogP contribution in [0, 0.1) is 6.92 Å². The molecule has 0 atom stereocenters. The van der Waals surface area contributed by atoms with E-state index in [-0.39, 0.29) is 0 Å². The molecule has 1 aliphatic rings. The van der Waals surface area contributed by atoms with Gasteiger partial charge < -0.3 is 14.5 Å². The summed E-state index contributed by atoms with van der Waals surface area (Å²) in [6.07, 6.45) is 2.01. The third-order valence-electron chi connectivity index (χ3n) is 4.46. The summed E-state index contributed by atoms with van der Waals surface area (Å²) in [6, 6.07) is 17.2. The Bertz CT molecular complexity index is 616. The number of ether oxygens (including phenoxy) is 1. The highest BCUT2D eigenvalue weighted by Crippen LogP contribution is 2.23. The summed E-state index contributed by atoms with van der Waals surface area (Å²) < 4.78 is 5.23. The van der Waals surface area contributed by atoms with E-state index in [9.17, 15) is 0 Å². The van der Waals surface area contributed by atoms with Gasteiger partial charge in [0, 0.05) is 37.6 Å². The lowest BCUT2D eigenvalue weighted by Gasteiger charge is -2.37. The van der Waals surface area contributed by atoms with Crippen LogP contribution in [0.5, 0.6) is 5.75 Å². The first kappa shape index (κ1) is 15.7. The van der Waals surface area contributed by atoms with E-state index in [0.29, 0.717) is 0 Å². The molecule has 1 aliphatic heterocycles. The van der Waals surface area contributed by atoms with Crippen LogP contribution in [0.25, 0.3) is 0 Å². The lowest BCUT2D eigenvalue weighted by molar-refractivity contribution is 0.415. The van der Waals surface area contributed by atoms with E-state index in [0.717, 1.165) is 44.8 Å². The molecule has 0 spiro atoms. The Kier molecular flexibility index (Phi) is 5.06. The van der Waals surface area contributed by atoms with E-state index in [1.54, 1.807) is 7.11 Å². The van der Waals surface area contributed by atoms with E-state index in [4.69, 9.17) is 4.74 Å². The zero-order chi connectivity index (χ0) is 16.1. The minimum Gasteiger partial charge on any atom is -0.497 e. The minimum absolute atomic E-state index is 0.912. The van der Waals surface area contributed by atoms with Crippen molar-refractivity contribution in [1.29, 1.82) is 0 Å². The average Bonchev–Trinajstić information content (AvgIpc) is 2.62. The van der Waals surface area contributed by atoms with Crippen LogP contribution in [0.2, 0.25) is 0 Å². The Balaban J connectivity index is 1.62. The molecule has 0 bridgehead atoms. The van der Waals surface area contributed by atoms with Crippen LogP contribution in [0.1, 0.15) is 12.0 Å². The number of anilines is 2. The zero-order valence-electron chi connectivity index (χ0n) is 13.9. The van der Waals surface area contributed by atoms with Gasteiger partial charge in [-0.2, -0.15) is 0 Å². The van der Waals surface area contributed by atoms with Crippen molar-refractivity contribution >= 4 is 11.4 Å². The van der Waals surface area contributed by atoms with Crippen molar-refractivity contribution in [3.63, 3.8) is 0 Å². The molecule has 0 aromatic heterocycles. The fraction of sp³-hybridized carbons (Fsp3) is 0.350. The van der Waals surface area contributed by atoms with Crippen LogP contribution in [-0.4, -0.2) is 33.3 Å². The molecular formula is C20H25N2O. The van der Waals surface area contributed by atoms with E-state index in [1.807, 2.05) is 12.1 Å². The molecule has 1 radical (unpaired) electrons. The maximum atomic E-state index is 5.23. The van der Waals surface area contributed by atoms with Gasteiger partial charge in [0.25, 0.3) is 0 Å². The molecule has 3 heteroatoms. The highest BCUT2D eigenvalue weighted by atomic mass is 16.5. The van der Waals surface area contributed by atoms with E-state index in [1.165, 1.54) is 16.9 Å². The highest BCUT2D eigenvalue weighted by molar-refractivity contribution is 5.53. The maximum absolute atomic E-state index is 5.23. The van der Waals surface area contributed by atoms with Crippen LogP contribution in [-0.2, 0) is 6.42 Å². The Morgan fingerprint density at radius 1 is 0.913 bits per heavy atom. The molecule has 121 valence electrons. The van der Waals surface area contributed by atoms with Crippen LogP contribution in [0.15, 0.2) is 48.5 Å². The molecule has 1 heterocycles. The normalized spacial score (nSPS) is 14.9. The smallest absolute Gasteiger partial charge is 0.119 e. The molecule has 1 fully saturated rings. The average molecular weight is 309 g/mol. The molecule has 1 saturated heterocycles. The van der Waals surface area contributed by atoms with Gasteiger partial charge in [-0.25, -0.2) is 0 Å². The van der Waals surface area contributed by atoms with Crippen molar-refractivity contribution in [2.45, 2.75) is 12.8 Å². The number of hydrogen-bond acceptors (Lipinski definition) is 3. The van der Waals surface area contributed by atoms with Gasteiger partial charge in [0.1, 0.15) is 5.75 Å². The summed E-state index contributed by atoms with van der Waals surface area (Å²) in [5.74, 6) is 0.912. The third kappa shape index (κ3) is 3.79. The second-order valence-corrected chi connectivity index (χ2v) is 5.95. The fourth-order valence-electron chi connectivity index (χ4n) is 3.13. The molecule has 2 aromatic carbocycles. The van der Waals surface area contributed by atoms with Gasteiger partial charge in [-0.3, -0.25) is 0 Å². The summed E-state index contributed by atoms with van der Waals surface area (Å²) in [6.45, 7) is 8.16. The van der Waals surface area contributed by atoms with E-state index < -0.39 is 0 Å². The van der Waals surface area contributed by atoms with E-state index >= 15 is 0 Å². The Morgan fingerprint density at radius 3 is 2.17 bits per heavy atom. The molecule has 3 nitrogen and oxygen atoms in total. The van der Waals surface area contributed by atoms with Gasteiger partial charge in [0.2, 0.25) is 0 Å². The van der Waals surface area contributed by atoms with Crippen LogP contribution in [0.4, 0.5) is 11.4 Å². The molecule has 0 saturated carbocycles. The van der Waals surface area contributed by atoms with Crippen LogP contribution in [0.3, 0.4) is 0 Å². The van der Waals surface area contributed by atoms with Gasteiger partial charge in [0.15, 0.2) is 0 Å². The largest absolute Gasteiger partial charge is 0.497 e. The SMILES string of the molecule is [CH2]CCc1cccc(N2CCN(c3ccc(OC)cc3)CC2)c1. The van der Waals surface area contributed by atoms with Crippen molar-refractivity contribution in [3.8, 4) is 5.75 Å². The predicted octanol–water partition coefficient (Wildman–Crippen LogP) is 3.79. The summed E-state index contributed by atoms with van der Waals surface area (Å²) in [5.41, 5.74) is 4.00. The van der Waals surface area contributed by atoms with Gasteiger partial charge in [-0.15, -0.1) is 0 Å².